The van der Waals surface area contributed by atoms with Gasteiger partial charge in [-0.3, -0.25) is 0 Å². The van der Waals surface area contributed by atoms with Crippen LogP contribution >= 0.6 is 0 Å². The first kappa shape index (κ1) is 12.3. The van der Waals surface area contributed by atoms with Gasteiger partial charge in [-0.15, -0.1) is 0 Å². The van der Waals surface area contributed by atoms with Crippen LogP contribution in [0.3, 0.4) is 0 Å². The Kier molecular flexibility index (Phi) is 4.34. The van der Waals surface area contributed by atoms with Gasteiger partial charge in [-0.25, -0.2) is 4.98 Å². The molecule has 0 radical (unpaired) electrons. The van der Waals surface area contributed by atoms with Gasteiger partial charge in [0.25, 0.3) is 0 Å². The second-order valence-electron chi connectivity index (χ2n) is 4.47. The molecule has 0 atom stereocenters. The lowest BCUT2D eigenvalue weighted by molar-refractivity contribution is 0.152. The third kappa shape index (κ3) is 3.17. The largest absolute Gasteiger partial charge is 0.380 e. The predicted molar refractivity (Wildman–Crippen MR) is 69.4 cm³/mol. The Morgan fingerprint density at radius 2 is 2.29 bits per heavy atom. The second-order valence-corrected chi connectivity index (χ2v) is 4.47. The Labute approximate surface area is 103 Å². The Morgan fingerprint density at radius 3 is 3.06 bits per heavy atom. The minimum absolute atomic E-state index is 0.805. The van der Waals surface area contributed by atoms with Gasteiger partial charge in [-0.05, 0) is 37.6 Å². The van der Waals surface area contributed by atoms with Gasteiger partial charge in [0.15, 0.2) is 0 Å². The molecule has 1 N–H and O–H groups in total. The second kappa shape index (κ2) is 5.98. The van der Waals surface area contributed by atoms with Crippen molar-refractivity contribution < 1.29 is 4.74 Å². The van der Waals surface area contributed by atoms with E-state index in [4.69, 9.17) is 4.74 Å². The SMILES string of the molecule is CNCc1cnc(N2CCCOCC2)c(C)c1. The van der Waals surface area contributed by atoms with E-state index in [1.165, 1.54) is 11.1 Å². The Hall–Kier alpha value is -1.13. The number of nitrogens with zero attached hydrogens (tertiary/aromatic N) is 2. The first-order valence-corrected chi connectivity index (χ1v) is 6.24. The molecule has 0 amide bonds. The van der Waals surface area contributed by atoms with Crippen LogP contribution < -0.4 is 10.2 Å². The van der Waals surface area contributed by atoms with E-state index in [1.807, 2.05) is 13.2 Å². The predicted octanol–water partition coefficient (Wildman–Crippen LogP) is 1.34. The van der Waals surface area contributed by atoms with Gasteiger partial charge >= 0.3 is 0 Å². The van der Waals surface area contributed by atoms with E-state index in [2.05, 4.69) is 28.2 Å². The van der Waals surface area contributed by atoms with Gasteiger partial charge < -0.3 is 15.0 Å². The summed E-state index contributed by atoms with van der Waals surface area (Å²) in [5.74, 6) is 1.11. The number of rotatable bonds is 3. The molecule has 2 rings (SSSR count). The summed E-state index contributed by atoms with van der Waals surface area (Å²) in [7, 11) is 1.95. The molecule has 17 heavy (non-hydrogen) atoms. The van der Waals surface area contributed by atoms with Crippen LogP contribution in [-0.4, -0.2) is 38.3 Å². The van der Waals surface area contributed by atoms with Crippen molar-refractivity contribution in [3.05, 3.63) is 23.4 Å². The van der Waals surface area contributed by atoms with Crippen molar-refractivity contribution in [1.29, 1.82) is 0 Å². The molecule has 0 aliphatic carbocycles. The summed E-state index contributed by atoms with van der Waals surface area (Å²) in [5, 5.41) is 3.15. The van der Waals surface area contributed by atoms with E-state index in [1.54, 1.807) is 0 Å². The fourth-order valence-corrected chi connectivity index (χ4v) is 2.22. The van der Waals surface area contributed by atoms with Crippen LogP contribution in [0.5, 0.6) is 0 Å². The summed E-state index contributed by atoms with van der Waals surface area (Å²) in [6.07, 6.45) is 3.05. The van der Waals surface area contributed by atoms with E-state index in [-0.39, 0.29) is 0 Å². The zero-order valence-corrected chi connectivity index (χ0v) is 10.7. The first-order chi connectivity index (χ1) is 8.31. The number of aryl methyl sites for hydroxylation is 1. The zero-order valence-electron chi connectivity index (χ0n) is 10.7. The maximum atomic E-state index is 5.47. The van der Waals surface area contributed by atoms with Crippen LogP contribution in [-0.2, 0) is 11.3 Å². The summed E-state index contributed by atoms with van der Waals surface area (Å²) >= 11 is 0. The summed E-state index contributed by atoms with van der Waals surface area (Å²) in [6.45, 7) is 6.66. The van der Waals surface area contributed by atoms with E-state index in [0.29, 0.717) is 0 Å². The quantitative estimate of drug-likeness (QED) is 0.858. The summed E-state index contributed by atoms with van der Waals surface area (Å²) < 4.78 is 5.47. The third-order valence-electron chi connectivity index (χ3n) is 3.01. The molecule has 1 aromatic heterocycles. The summed E-state index contributed by atoms with van der Waals surface area (Å²) in [6, 6.07) is 2.21. The average Bonchev–Trinajstić information content (AvgIpc) is 2.58. The Bertz CT molecular complexity index is 360. The number of anilines is 1. The van der Waals surface area contributed by atoms with Gasteiger partial charge in [0.2, 0.25) is 0 Å². The van der Waals surface area contributed by atoms with Gasteiger partial charge in [0.1, 0.15) is 5.82 Å². The van der Waals surface area contributed by atoms with Crippen molar-refractivity contribution in [3.63, 3.8) is 0 Å². The molecular formula is C13H21N3O. The van der Waals surface area contributed by atoms with Crippen molar-refractivity contribution in [2.45, 2.75) is 19.9 Å². The normalized spacial score (nSPS) is 16.9. The van der Waals surface area contributed by atoms with Gasteiger partial charge in [0, 0.05) is 32.4 Å². The van der Waals surface area contributed by atoms with Gasteiger partial charge in [-0.2, -0.15) is 0 Å². The van der Waals surface area contributed by atoms with E-state index >= 15 is 0 Å². The molecule has 2 heterocycles. The standard InChI is InChI=1S/C13H21N3O/c1-11-8-12(9-14-2)10-15-13(11)16-4-3-6-17-7-5-16/h8,10,14H,3-7,9H2,1-2H3. The van der Waals surface area contributed by atoms with E-state index in [0.717, 1.165) is 45.1 Å². The molecular weight excluding hydrogens is 214 g/mol. The van der Waals surface area contributed by atoms with Gasteiger partial charge in [0.05, 0.1) is 6.61 Å². The van der Waals surface area contributed by atoms with Crippen molar-refractivity contribution in [2.75, 3.05) is 38.3 Å². The average molecular weight is 235 g/mol. The maximum absolute atomic E-state index is 5.47. The van der Waals surface area contributed by atoms with Crippen molar-refractivity contribution in [3.8, 4) is 0 Å². The third-order valence-corrected chi connectivity index (χ3v) is 3.01. The van der Waals surface area contributed by atoms with Crippen LogP contribution in [0.25, 0.3) is 0 Å². The smallest absolute Gasteiger partial charge is 0.131 e. The van der Waals surface area contributed by atoms with E-state index in [9.17, 15) is 0 Å². The maximum Gasteiger partial charge on any atom is 0.131 e. The molecule has 1 aromatic rings. The topological polar surface area (TPSA) is 37.4 Å². The minimum atomic E-state index is 0.805. The molecule has 1 saturated heterocycles. The van der Waals surface area contributed by atoms with Crippen LogP contribution in [0.4, 0.5) is 5.82 Å². The molecule has 0 bridgehead atoms. The highest BCUT2D eigenvalue weighted by molar-refractivity contribution is 5.47. The lowest BCUT2D eigenvalue weighted by Crippen LogP contribution is -2.27. The van der Waals surface area contributed by atoms with Crippen LogP contribution in [0.2, 0.25) is 0 Å². The number of aromatic nitrogens is 1. The lowest BCUT2D eigenvalue weighted by atomic mass is 10.2. The molecule has 0 saturated carbocycles. The molecule has 94 valence electrons. The number of ether oxygens (including phenoxy) is 1. The molecule has 4 nitrogen and oxygen atoms in total. The fraction of sp³-hybridized carbons (Fsp3) is 0.615. The highest BCUT2D eigenvalue weighted by atomic mass is 16.5. The van der Waals surface area contributed by atoms with Crippen molar-refractivity contribution in [2.24, 2.45) is 0 Å². The summed E-state index contributed by atoms with van der Waals surface area (Å²) in [4.78, 5) is 6.92. The van der Waals surface area contributed by atoms with E-state index < -0.39 is 0 Å². The molecule has 1 fully saturated rings. The number of hydrogen-bond donors (Lipinski definition) is 1. The fourth-order valence-electron chi connectivity index (χ4n) is 2.22. The minimum Gasteiger partial charge on any atom is -0.380 e. The highest BCUT2D eigenvalue weighted by Crippen LogP contribution is 2.19. The van der Waals surface area contributed by atoms with Crippen molar-refractivity contribution in [1.82, 2.24) is 10.3 Å². The molecule has 0 unspecified atom stereocenters. The monoisotopic (exact) mass is 235 g/mol. The molecule has 4 heteroatoms. The Balaban J connectivity index is 2.14. The highest BCUT2D eigenvalue weighted by Gasteiger charge is 2.13. The molecule has 1 aliphatic heterocycles. The molecule has 0 spiro atoms. The summed E-state index contributed by atoms with van der Waals surface area (Å²) in [5.41, 5.74) is 2.49. The molecule has 1 aliphatic rings. The molecule has 0 aromatic carbocycles. The van der Waals surface area contributed by atoms with Crippen LogP contribution in [0.1, 0.15) is 17.5 Å². The van der Waals surface area contributed by atoms with Crippen LogP contribution in [0, 0.1) is 6.92 Å². The zero-order chi connectivity index (χ0) is 12.1. The number of nitrogens with one attached hydrogen (secondary N) is 1. The first-order valence-electron chi connectivity index (χ1n) is 6.24. The van der Waals surface area contributed by atoms with Crippen molar-refractivity contribution >= 4 is 5.82 Å². The number of hydrogen-bond acceptors (Lipinski definition) is 4. The van der Waals surface area contributed by atoms with Gasteiger partial charge in [-0.1, -0.05) is 0 Å². The van der Waals surface area contributed by atoms with Crippen LogP contribution in [0.15, 0.2) is 12.3 Å². The Morgan fingerprint density at radius 1 is 1.41 bits per heavy atom. The number of pyridine rings is 1. The lowest BCUT2D eigenvalue weighted by Gasteiger charge is -2.22.